The highest BCUT2D eigenvalue weighted by molar-refractivity contribution is 5.80. The number of rotatable bonds is 1. The second kappa shape index (κ2) is 2.27. The first-order valence-corrected chi connectivity index (χ1v) is 5.04. The summed E-state index contributed by atoms with van der Waals surface area (Å²) < 4.78 is 11.1. The molecule has 0 N–H and O–H groups in total. The summed E-state index contributed by atoms with van der Waals surface area (Å²) in [4.78, 5) is 11.2. The van der Waals surface area contributed by atoms with E-state index in [2.05, 4.69) is 13.8 Å². The SMILES string of the molecule is CC(C)[C@@H]1C[C@@H]2OC(=O)[C@H]3[C@H](O1)[C@@H]32. The molecule has 2 saturated heterocycles. The number of esters is 1. The molecule has 0 aromatic carbocycles. The first-order chi connectivity index (χ1) is 6.18. The van der Waals surface area contributed by atoms with E-state index in [1.54, 1.807) is 0 Å². The van der Waals surface area contributed by atoms with E-state index in [1.165, 1.54) is 0 Å². The summed E-state index contributed by atoms with van der Waals surface area (Å²) in [6.45, 7) is 4.31. The summed E-state index contributed by atoms with van der Waals surface area (Å²) in [5.41, 5.74) is 0. The van der Waals surface area contributed by atoms with Crippen molar-refractivity contribution in [3.8, 4) is 0 Å². The molecule has 3 rings (SSSR count). The average Bonchev–Trinajstić information content (AvgIpc) is 2.67. The van der Waals surface area contributed by atoms with Crippen LogP contribution in [0.4, 0.5) is 0 Å². The zero-order chi connectivity index (χ0) is 9.16. The van der Waals surface area contributed by atoms with Crippen molar-refractivity contribution in [2.45, 2.75) is 38.6 Å². The average molecular weight is 182 g/mol. The molecule has 0 amide bonds. The molecule has 1 aliphatic carbocycles. The summed E-state index contributed by atoms with van der Waals surface area (Å²) in [6, 6.07) is 0. The highest BCUT2D eigenvalue weighted by Gasteiger charge is 2.69. The van der Waals surface area contributed by atoms with Crippen LogP contribution in [0.25, 0.3) is 0 Å². The van der Waals surface area contributed by atoms with Crippen LogP contribution in [-0.4, -0.2) is 24.3 Å². The van der Waals surface area contributed by atoms with Gasteiger partial charge in [0.2, 0.25) is 0 Å². The van der Waals surface area contributed by atoms with Crippen LogP contribution in [0.15, 0.2) is 0 Å². The van der Waals surface area contributed by atoms with Gasteiger partial charge in [0, 0.05) is 12.3 Å². The lowest BCUT2D eigenvalue weighted by atomic mass is 9.97. The topological polar surface area (TPSA) is 35.5 Å². The molecular weight excluding hydrogens is 168 g/mol. The molecule has 0 spiro atoms. The highest BCUT2D eigenvalue weighted by Crippen LogP contribution is 2.56. The van der Waals surface area contributed by atoms with E-state index in [4.69, 9.17) is 9.47 Å². The van der Waals surface area contributed by atoms with Gasteiger partial charge in [0.15, 0.2) is 0 Å². The van der Waals surface area contributed by atoms with Gasteiger partial charge in [-0.1, -0.05) is 13.8 Å². The third-order valence-electron chi connectivity index (χ3n) is 3.52. The number of carbonyl (C=O) groups is 1. The number of hydrogen-bond acceptors (Lipinski definition) is 3. The van der Waals surface area contributed by atoms with Crippen LogP contribution in [0, 0.1) is 17.8 Å². The number of hydrogen-bond donors (Lipinski definition) is 0. The minimum absolute atomic E-state index is 0.0257. The second-order valence-electron chi connectivity index (χ2n) is 4.70. The molecular formula is C10H14O3. The van der Waals surface area contributed by atoms with Crippen molar-refractivity contribution in [3.05, 3.63) is 0 Å². The van der Waals surface area contributed by atoms with Gasteiger partial charge in [0.1, 0.15) is 6.10 Å². The molecule has 0 aromatic rings. The lowest BCUT2D eigenvalue weighted by Gasteiger charge is -2.30. The Kier molecular flexibility index (Phi) is 1.36. The minimum atomic E-state index is -0.0257. The van der Waals surface area contributed by atoms with Gasteiger partial charge in [-0.05, 0) is 5.92 Å². The van der Waals surface area contributed by atoms with Crippen LogP contribution < -0.4 is 0 Å². The second-order valence-corrected chi connectivity index (χ2v) is 4.70. The summed E-state index contributed by atoms with van der Waals surface area (Å²) in [5.74, 6) is 1.000. The third-order valence-corrected chi connectivity index (χ3v) is 3.52. The standard InChI is InChI=1S/C10H14O3/c1-4(2)5-3-6-7-8(9(7)12-5)10(11)13-6/h4-9H,3H2,1-2H3/t5-,6-,7+,8+,9+/m0/s1. The van der Waals surface area contributed by atoms with Crippen LogP contribution >= 0.6 is 0 Å². The van der Waals surface area contributed by atoms with Gasteiger partial charge in [-0.3, -0.25) is 4.79 Å². The maximum absolute atomic E-state index is 11.2. The Labute approximate surface area is 77.4 Å². The van der Waals surface area contributed by atoms with Crippen molar-refractivity contribution >= 4 is 5.97 Å². The molecule has 0 radical (unpaired) electrons. The Morgan fingerprint density at radius 1 is 1.46 bits per heavy atom. The zero-order valence-electron chi connectivity index (χ0n) is 7.90. The normalized spacial score (nSPS) is 51.9. The minimum Gasteiger partial charge on any atom is -0.462 e. The van der Waals surface area contributed by atoms with Gasteiger partial charge in [0.25, 0.3) is 0 Å². The largest absolute Gasteiger partial charge is 0.462 e. The van der Waals surface area contributed by atoms with Gasteiger partial charge in [-0.25, -0.2) is 0 Å². The fraction of sp³-hybridized carbons (Fsp3) is 0.900. The van der Waals surface area contributed by atoms with Crippen molar-refractivity contribution in [2.24, 2.45) is 17.8 Å². The highest BCUT2D eigenvalue weighted by atomic mass is 16.6. The monoisotopic (exact) mass is 182 g/mol. The van der Waals surface area contributed by atoms with Crippen LogP contribution in [0.2, 0.25) is 0 Å². The van der Waals surface area contributed by atoms with Crippen molar-refractivity contribution in [2.75, 3.05) is 0 Å². The van der Waals surface area contributed by atoms with E-state index in [-0.39, 0.29) is 24.1 Å². The number of fused-ring (bicyclic) bond motifs is 1. The first kappa shape index (κ1) is 7.80. The summed E-state index contributed by atoms with van der Waals surface area (Å²) >= 11 is 0. The van der Waals surface area contributed by atoms with Crippen molar-refractivity contribution in [1.29, 1.82) is 0 Å². The Morgan fingerprint density at radius 3 is 2.85 bits per heavy atom. The third kappa shape index (κ3) is 0.909. The molecule has 3 fully saturated rings. The molecule has 2 aliphatic heterocycles. The molecule has 72 valence electrons. The fourth-order valence-electron chi connectivity index (χ4n) is 2.64. The van der Waals surface area contributed by atoms with E-state index < -0.39 is 0 Å². The van der Waals surface area contributed by atoms with Crippen molar-refractivity contribution in [3.63, 3.8) is 0 Å². The quantitative estimate of drug-likeness (QED) is 0.567. The fourth-order valence-corrected chi connectivity index (χ4v) is 2.64. The maximum Gasteiger partial charge on any atom is 0.312 e. The lowest BCUT2D eigenvalue weighted by Crippen LogP contribution is -2.36. The van der Waals surface area contributed by atoms with Crippen molar-refractivity contribution in [1.82, 2.24) is 0 Å². The smallest absolute Gasteiger partial charge is 0.312 e. The molecule has 0 aromatic heterocycles. The van der Waals surface area contributed by atoms with Crippen LogP contribution in [0.3, 0.4) is 0 Å². The van der Waals surface area contributed by atoms with Crippen molar-refractivity contribution < 1.29 is 14.3 Å². The molecule has 0 unspecified atom stereocenters. The van der Waals surface area contributed by atoms with Gasteiger partial charge in [-0.2, -0.15) is 0 Å². The van der Waals surface area contributed by atoms with E-state index in [1.807, 2.05) is 0 Å². The van der Waals surface area contributed by atoms with Crippen LogP contribution in [0.5, 0.6) is 0 Å². The number of ether oxygens (including phenoxy) is 2. The van der Waals surface area contributed by atoms with E-state index in [0.29, 0.717) is 17.9 Å². The van der Waals surface area contributed by atoms with Gasteiger partial charge in [-0.15, -0.1) is 0 Å². The Morgan fingerprint density at radius 2 is 2.23 bits per heavy atom. The molecule has 3 aliphatic rings. The lowest BCUT2D eigenvalue weighted by molar-refractivity contribution is -0.160. The summed E-state index contributed by atoms with van der Waals surface area (Å²) in [5, 5.41) is 0. The number of carbonyl (C=O) groups excluding carboxylic acids is 1. The van der Waals surface area contributed by atoms with Crippen LogP contribution in [-0.2, 0) is 14.3 Å². The molecule has 2 heterocycles. The molecule has 5 atom stereocenters. The summed E-state index contributed by atoms with van der Waals surface area (Å²) in [7, 11) is 0. The Hall–Kier alpha value is -0.570. The van der Waals surface area contributed by atoms with Gasteiger partial charge < -0.3 is 9.47 Å². The van der Waals surface area contributed by atoms with E-state index in [9.17, 15) is 4.79 Å². The van der Waals surface area contributed by atoms with Gasteiger partial charge >= 0.3 is 5.97 Å². The molecule has 3 heteroatoms. The summed E-state index contributed by atoms with van der Waals surface area (Å²) in [6.07, 6.45) is 1.57. The van der Waals surface area contributed by atoms with Crippen LogP contribution in [0.1, 0.15) is 20.3 Å². The molecule has 13 heavy (non-hydrogen) atoms. The predicted molar refractivity (Wildman–Crippen MR) is 45.0 cm³/mol. The maximum atomic E-state index is 11.2. The predicted octanol–water partition coefficient (Wildman–Crippen LogP) is 0.971. The molecule has 3 nitrogen and oxygen atoms in total. The Bertz CT molecular complexity index is 261. The molecule has 1 saturated carbocycles. The molecule has 0 bridgehead atoms. The van der Waals surface area contributed by atoms with Gasteiger partial charge in [0.05, 0.1) is 18.1 Å². The first-order valence-electron chi connectivity index (χ1n) is 5.04. The zero-order valence-corrected chi connectivity index (χ0v) is 7.90. The van der Waals surface area contributed by atoms with E-state index >= 15 is 0 Å². The Balaban J connectivity index is 1.78. The van der Waals surface area contributed by atoms with E-state index in [0.717, 1.165) is 6.42 Å².